The smallest absolute Gasteiger partial charge is 0.241 e. The van der Waals surface area contributed by atoms with Gasteiger partial charge in [-0.05, 0) is 50.4 Å². The molecule has 1 aromatic heterocycles. The van der Waals surface area contributed by atoms with Crippen molar-refractivity contribution in [3.63, 3.8) is 0 Å². The van der Waals surface area contributed by atoms with Gasteiger partial charge in [-0.3, -0.25) is 9.69 Å². The number of amides is 1. The van der Waals surface area contributed by atoms with E-state index in [-0.39, 0.29) is 11.8 Å². The van der Waals surface area contributed by atoms with E-state index in [0.29, 0.717) is 40.4 Å². The Hall–Kier alpha value is -1.28. The van der Waals surface area contributed by atoms with Gasteiger partial charge in [-0.15, -0.1) is 0 Å². The highest BCUT2D eigenvalue weighted by Crippen LogP contribution is 2.29. The van der Waals surface area contributed by atoms with Crippen molar-refractivity contribution in [1.82, 2.24) is 20.4 Å². The van der Waals surface area contributed by atoms with Gasteiger partial charge in [-0.2, -0.15) is 16.7 Å². The van der Waals surface area contributed by atoms with Crippen molar-refractivity contribution in [2.24, 2.45) is 5.92 Å². The van der Waals surface area contributed by atoms with Gasteiger partial charge in [0, 0.05) is 34.7 Å². The lowest BCUT2D eigenvalue weighted by Crippen LogP contribution is -2.43. The summed E-state index contributed by atoms with van der Waals surface area (Å²) in [6, 6.07) is 5.20. The maximum atomic E-state index is 12.7. The van der Waals surface area contributed by atoms with E-state index in [0.717, 1.165) is 36.9 Å². The molecule has 1 N–H and O–H groups in total. The van der Waals surface area contributed by atoms with E-state index < -0.39 is 0 Å². The summed E-state index contributed by atoms with van der Waals surface area (Å²) in [6.45, 7) is 2.91. The molecule has 0 spiro atoms. The second-order valence-electron chi connectivity index (χ2n) is 8.63. The maximum absolute atomic E-state index is 12.7. The van der Waals surface area contributed by atoms with Crippen molar-refractivity contribution in [1.29, 1.82) is 0 Å². The van der Waals surface area contributed by atoms with Crippen LogP contribution >= 0.6 is 35.0 Å². The van der Waals surface area contributed by atoms with Crippen molar-refractivity contribution in [3.8, 4) is 11.4 Å². The number of hydrogen-bond donors (Lipinski definition) is 1. The first-order chi connectivity index (χ1) is 15.6. The first kappa shape index (κ1) is 23.9. The Balaban J connectivity index is 1.23. The van der Waals surface area contributed by atoms with Gasteiger partial charge in [0.2, 0.25) is 17.6 Å². The van der Waals surface area contributed by atoms with Crippen molar-refractivity contribution in [3.05, 3.63) is 34.1 Å². The molecule has 32 heavy (non-hydrogen) atoms. The van der Waals surface area contributed by atoms with Crippen molar-refractivity contribution in [2.45, 2.75) is 56.7 Å². The van der Waals surface area contributed by atoms with Crippen LogP contribution in [0.15, 0.2) is 22.7 Å². The number of piperidine rings is 1. The molecule has 4 rings (SSSR count). The molecule has 0 bridgehead atoms. The molecule has 1 aliphatic heterocycles. The predicted molar refractivity (Wildman–Crippen MR) is 130 cm³/mol. The largest absolute Gasteiger partial charge is 0.355 e. The molecule has 1 aliphatic carbocycles. The number of halogens is 2. The van der Waals surface area contributed by atoms with Crippen LogP contribution in [0, 0.1) is 5.92 Å². The second-order valence-corrected chi connectivity index (χ2v) is 10.9. The van der Waals surface area contributed by atoms with Gasteiger partial charge in [0.05, 0.1) is 17.5 Å². The summed E-state index contributed by atoms with van der Waals surface area (Å²) in [5.41, 5.74) is 0.688. The molecule has 1 amide bonds. The van der Waals surface area contributed by atoms with Crippen LogP contribution in [0.5, 0.6) is 0 Å². The molecule has 2 heterocycles. The Morgan fingerprint density at radius 2 is 2.03 bits per heavy atom. The molecule has 1 saturated heterocycles. The van der Waals surface area contributed by atoms with Crippen LogP contribution in [0.2, 0.25) is 10.0 Å². The number of carbonyl (C=O) groups is 1. The minimum atomic E-state index is 0.0107. The third kappa shape index (κ3) is 6.62. The van der Waals surface area contributed by atoms with Gasteiger partial charge in [-0.1, -0.05) is 47.6 Å². The van der Waals surface area contributed by atoms with Gasteiger partial charge in [-0.25, -0.2) is 0 Å². The Kier molecular flexibility index (Phi) is 8.75. The SMILES string of the molecule is O=C(NCCSC1CCCCC1)C1CCCN(Cc2nc(-c3ccc(Cl)cc3Cl)no2)C1. The molecular weight excluding hydrogens is 467 g/mol. The number of benzene rings is 1. The summed E-state index contributed by atoms with van der Waals surface area (Å²) in [5, 5.41) is 9.05. The Labute approximate surface area is 203 Å². The molecule has 0 radical (unpaired) electrons. The van der Waals surface area contributed by atoms with E-state index in [2.05, 4.69) is 20.4 Å². The molecule has 174 valence electrons. The second kappa shape index (κ2) is 11.7. The summed E-state index contributed by atoms with van der Waals surface area (Å²) in [5.74, 6) is 2.15. The molecule has 2 aliphatic rings. The number of aromatic nitrogens is 2. The van der Waals surface area contributed by atoms with Crippen LogP contribution < -0.4 is 5.32 Å². The van der Waals surface area contributed by atoms with E-state index in [1.165, 1.54) is 32.1 Å². The van der Waals surface area contributed by atoms with E-state index in [1.807, 2.05) is 11.8 Å². The quantitative estimate of drug-likeness (QED) is 0.490. The van der Waals surface area contributed by atoms with Crippen LogP contribution in [-0.2, 0) is 11.3 Å². The summed E-state index contributed by atoms with van der Waals surface area (Å²) >= 11 is 14.2. The third-order valence-electron chi connectivity index (χ3n) is 6.18. The van der Waals surface area contributed by atoms with Gasteiger partial charge >= 0.3 is 0 Å². The van der Waals surface area contributed by atoms with Gasteiger partial charge in [0.1, 0.15) is 0 Å². The fourth-order valence-corrected chi connectivity index (χ4v) is 6.19. The lowest BCUT2D eigenvalue weighted by molar-refractivity contribution is -0.126. The molecule has 9 heteroatoms. The highest BCUT2D eigenvalue weighted by Gasteiger charge is 2.27. The van der Waals surface area contributed by atoms with Crippen molar-refractivity contribution >= 4 is 40.9 Å². The molecule has 1 unspecified atom stereocenters. The zero-order valence-electron chi connectivity index (χ0n) is 18.2. The van der Waals surface area contributed by atoms with E-state index in [9.17, 15) is 4.79 Å². The monoisotopic (exact) mass is 496 g/mol. The molecule has 6 nitrogen and oxygen atoms in total. The summed E-state index contributed by atoms with van der Waals surface area (Å²) in [7, 11) is 0. The van der Waals surface area contributed by atoms with E-state index in [1.54, 1.807) is 18.2 Å². The fraction of sp³-hybridized carbons (Fsp3) is 0.609. The van der Waals surface area contributed by atoms with Crippen LogP contribution in [0.25, 0.3) is 11.4 Å². The molecule has 2 fully saturated rings. The predicted octanol–water partition coefficient (Wildman–Crippen LogP) is 5.44. The maximum Gasteiger partial charge on any atom is 0.241 e. The fourth-order valence-electron chi connectivity index (χ4n) is 4.48. The van der Waals surface area contributed by atoms with Crippen LogP contribution in [-0.4, -0.2) is 51.6 Å². The van der Waals surface area contributed by atoms with E-state index >= 15 is 0 Å². The number of nitrogens with one attached hydrogen (secondary N) is 1. The van der Waals surface area contributed by atoms with Crippen LogP contribution in [0.4, 0.5) is 0 Å². The van der Waals surface area contributed by atoms with E-state index in [4.69, 9.17) is 27.7 Å². The number of carbonyl (C=O) groups excluding carboxylic acids is 1. The standard InChI is InChI=1S/C23H30Cl2N4O2S/c24-17-8-9-19(20(25)13-17)22-27-21(31-28-22)15-29-11-4-5-16(14-29)23(30)26-10-12-32-18-6-2-1-3-7-18/h8-9,13,16,18H,1-7,10-12,14-15H2,(H,26,30). The Bertz CT molecular complexity index is 904. The first-order valence-corrected chi connectivity index (χ1v) is 13.3. The highest BCUT2D eigenvalue weighted by atomic mass is 35.5. The lowest BCUT2D eigenvalue weighted by Gasteiger charge is -2.31. The third-order valence-corrected chi connectivity index (χ3v) is 8.11. The molecule has 1 atom stereocenters. The normalized spacial score (nSPS) is 20.4. The Morgan fingerprint density at radius 3 is 2.84 bits per heavy atom. The molecular formula is C23H30Cl2N4O2S. The molecule has 1 aromatic carbocycles. The Morgan fingerprint density at radius 1 is 1.19 bits per heavy atom. The molecule has 2 aromatic rings. The summed E-state index contributed by atoms with van der Waals surface area (Å²) < 4.78 is 5.44. The minimum Gasteiger partial charge on any atom is -0.355 e. The zero-order valence-corrected chi connectivity index (χ0v) is 20.5. The highest BCUT2D eigenvalue weighted by molar-refractivity contribution is 7.99. The van der Waals surface area contributed by atoms with Gasteiger partial charge in [0.25, 0.3) is 0 Å². The van der Waals surface area contributed by atoms with Gasteiger partial charge < -0.3 is 9.84 Å². The molecule has 1 saturated carbocycles. The average Bonchev–Trinajstić information content (AvgIpc) is 3.25. The van der Waals surface area contributed by atoms with Crippen molar-refractivity contribution in [2.75, 3.05) is 25.4 Å². The number of thioether (sulfide) groups is 1. The summed E-state index contributed by atoms with van der Waals surface area (Å²) in [4.78, 5) is 19.4. The average molecular weight is 497 g/mol. The number of likely N-dealkylation sites (tertiary alicyclic amines) is 1. The topological polar surface area (TPSA) is 71.3 Å². The van der Waals surface area contributed by atoms with Crippen LogP contribution in [0.3, 0.4) is 0 Å². The summed E-state index contributed by atoms with van der Waals surface area (Å²) in [6.07, 6.45) is 8.67. The van der Waals surface area contributed by atoms with Crippen LogP contribution in [0.1, 0.15) is 50.8 Å². The van der Waals surface area contributed by atoms with Gasteiger partial charge in [0.15, 0.2) is 0 Å². The zero-order chi connectivity index (χ0) is 22.3. The number of rotatable bonds is 8. The number of nitrogens with zero attached hydrogens (tertiary/aromatic N) is 3. The first-order valence-electron chi connectivity index (χ1n) is 11.5. The lowest BCUT2D eigenvalue weighted by atomic mass is 9.97. The minimum absolute atomic E-state index is 0.0107. The number of hydrogen-bond acceptors (Lipinski definition) is 6. The van der Waals surface area contributed by atoms with Crippen molar-refractivity contribution < 1.29 is 9.32 Å².